The topological polar surface area (TPSA) is 17.1 Å². The van der Waals surface area contributed by atoms with Crippen LogP contribution in [0.3, 0.4) is 0 Å². The fourth-order valence-electron chi connectivity index (χ4n) is 1.94. The maximum Gasteiger partial charge on any atom is 0.141 e. The Labute approximate surface area is 117 Å². The summed E-state index contributed by atoms with van der Waals surface area (Å²) in [6.07, 6.45) is 0.692. The predicted octanol–water partition coefficient (Wildman–Crippen LogP) is 4.14. The Morgan fingerprint density at radius 1 is 1.05 bits per heavy atom. The summed E-state index contributed by atoms with van der Waals surface area (Å²) in [6, 6.07) is 11.6. The van der Waals surface area contributed by atoms with Crippen LogP contribution in [0.15, 0.2) is 42.5 Å². The van der Waals surface area contributed by atoms with Crippen LogP contribution in [0.1, 0.15) is 16.7 Å². The summed E-state index contributed by atoms with van der Waals surface area (Å²) in [7, 11) is 0. The van der Waals surface area contributed by atoms with E-state index in [1.165, 1.54) is 12.1 Å². The van der Waals surface area contributed by atoms with Crippen molar-refractivity contribution in [2.75, 3.05) is 0 Å². The first-order chi connectivity index (χ1) is 9.04. The van der Waals surface area contributed by atoms with Crippen LogP contribution in [-0.4, -0.2) is 5.78 Å². The maximum atomic E-state index is 12.8. The minimum absolute atomic E-state index is 0.105. The highest BCUT2D eigenvalue weighted by atomic mass is 35.5. The van der Waals surface area contributed by atoms with Crippen LogP contribution in [0.25, 0.3) is 0 Å². The summed E-state index contributed by atoms with van der Waals surface area (Å²) in [5, 5.41) is 0.703. The number of halogens is 2. The first-order valence-electron chi connectivity index (χ1n) is 6.06. The Morgan fingerprint density at radius 2 is 1.63 bits per heavy atom. The predicted molar refractivity (Wildman–Crippen MR) is 75.0 cm³/mol. The molecule has 2 rings (SSSR count). The van der Waals surface area contributed by atoms with E-state index in [0.717, 1.165) is 16.7 Å². The van der Waals surface area contributed by atoms with Gasteiger partial charge in [0.1, 0.15) is 11.6 Å². The normalized spacial score (nSPS) is 10.5. The molecule has 19 heavy (non-hydrogen) atoms. The van der Waals surface area contributed by atoms with Gasteiger partial charge in [-0.15, -0.1) is 0 Å². The van der Waals surface area contributed by atoms with E-state index in [9.17, 15) is 9.18 Å². The molecule has 0 aliphatic carbocycles. The molecule has 98 valence electrons. The lowest BCUT2D eigenvalue weighted by Gasteiger charge is -2.04. The van der Waals surface area contributed by atoms with E-state index in [1.807, 2.05) is 19.1 Å². The molecule has 1 nitrogen and oxygen atoms in total. The number of hydrogen-bond donors (Lipinski definition) is 0. The first-order valence-corrected chi connectivity index (χ1v) is 6.43. The van der Waals surface area contributed by atoms with Crippen molar-refractivity contribution in [2.24, 2.45) is 0 Å². The van der Waals surface area contributed by atoms with E-state index in [0.29, 0.717) is 17.9 Å². The van der Waals surface area contributed by atoms with Crippen molar-refractivity contribution < 1.29 is 9.18 Å². The van der Waals surface area contributed by atoms with Gasteiger partial charge in [0.15, 0.2) is 0 Å². The fourth-order valence-corrected chi connectivity index (χ4v) is 2.05. The minimum atomic E-state index is -0.287. The molecule has 0 radical (unpaired) electrons. The molecule has 3 heteroatoms. The van der Waals surface area contributed by atoms with Crippen molar-refractivity contribution in [1.29, 1.82) is 0 Å². The number of carbonyl (C=O) groups is 1. The van der Waals surface area contributed by atoms with Crippen molar-refractivity contribution in [3.8, 4) is 0 Å². The first kappa shape index (κ1) is 13.8. The van der Waals surface area contributed by atoms with Gasteiger partial charge in [-0.2, -0.15) is 0 Å². The molecule has 0 unspecified atom stereocenters. The van der Waals surface area contributed by atoms with Gasteiger partial charge in [0.2, 0.25) is 0 Å². The molecule has 0 saturated heterocycles. The van der Waals surface area contributed by atoms with Gasteiger partial charge in [0, 0.05) is 17.9 Å². The van der Waals surface area contributed by atoms with E-state index in [4.69, 9.17) is 11.6 Å². The van der Waals surface area contributed by atoms with Gasteiger partial charge in [0.05, 0.1) is 0 Å². The molecule has 0 amide bonds. The standard InChI is InChI=1S/C16H14ClFO/c1-11-8-13(4-7-16(11)17)10-15(19)9-12-2-5-14(18)6-3-12/h2-8H,9-10H2,1H3. The average molecular weight is 277 g/mol. The maximum absolute atomic E-state index is 12.8. The second-order valence-electron chi connectivity index (χ2n) is 4.60. The van der Waals surface area contributed by atoms with Crippen LogP contribution in [-0.2, 0) is 17.6 Å². The lowest BCUT2D eigenvalue weighted by molar-refractivity contribution is -0.117. The lowest BCUT2D eigenvalue weighted by Crippen LogP contribution is -2.06. The molecule has 0 aromatic heterocycles. The van der Waals surface area contributed by atoms with Crippen LogP contribution in [0.4, 0.5) is 4.39 Å². The van der Waals surface area contributed by atoms with E-state index >= 15 is 0 Å². The van der Waals surface area contributed by atoms with Crippen molar-refractivity contribution in [1.82, 2.24) is 0 Å². The molecule has 0 aliphatic heterocycles. The lowest BCUT2D eigenvalue weighted by atomic mass is 10.0. The van der Waals surface area contributed by atoms with E-state index in [-0.39, 0.29) is 11.6 Å². The van der Waals surface area contributed by atoms with Gasteiger partial charge in [0.25, 0.3) is 0 Å². The Balaban J connectivity index is 2.01. The Morgan fingerprint density at radius 3 is 2.26 bits per heavy atom. The average Bonchev–Trinajstić information content (AvgIpc) is 2.37. The number of ketones is 1. The van der Waals surface area contributed by atoms with Crippen LogP contribution in [0, 0.1) is 12.7 Å². The molecule has 0 fully saturated rings. The van der Waals surface area contributed by atoms with Crippen LogP contribution in [0.2, 0.25) is 5.02 Å². The molecule has 2 aromatic carbocycles. The van der Waals surface area contributed by atoms with Crippen molar-refractivity contribution in [3.05, 3.63) is 70.0 Å². The third kappa shape index (κ3) is 3.90. The number of benzene rings is 2. The largest absolute Gasteiger partial charge is 0.299 e. The number of hydrogen-bond acceptors (Lipinski definition) is 1. The second kappa shape index (κ2) is 5.98. The number of rotatable bonds is 4. The Kier molecular flexibility index (Phi) is 4.33. The minimum Gasteiger partial charge on any atom is -0.299 e. The van der Waals surface area contributed by atoms with E-state index in [1.54, 1.807) is 18.2 Å². The second-order valence-corrected chi connectivity index (χ2v) is 5.01. The van der Waals surface area contributed by atoms with Crippen molar-refractivity contribution >= 4 is 17.4 Å². The number of aryl methyl sites for hydroxylation is 1. The van der Waals surface area contributed by atoms with Gasteiger partial charge in [-0.3, -0.25) is 4.79 Å². The summed E-state index contributed by atoms with van der Waals surface area (Å²) < 4.78 is 12.8. The molecule has 0 spiro atoms. The van der Waals surface area contributed by atoms with Crippen LogP contribution in [0.5, 0.6) is 0 Å². The van der Waals surface area contributed by atoms with E-state index in [2.05, 4.69) is 0 Å². The smallest absolute Gasteiger partial charge is 0.141 e. The summed E-state index contributed by atoms with van der Waals surface area (Å²) in [5.41, 5.74) is 2.75. The molecule has 0 atom stereocenters. The monoisotopic (exact) mass is 276 g/mol. The van der Waals surface area contributed by atoms with Gasteiger partial charge in [-0.25, -0.2) is 4.39 Å². The quantitative estimate of drug-likeness (QED) is 0.820. The summed E-state index contributed by atoms with van der Waals surface area (Å²) in [6.45, 7) is 1.91. The summed E-state index contributed by atoms with van der Waals surface area (Å²) in [4.78, 5) is 11.9. The zero-order chi connectivity index (χ0) is 13.8. The SMILES string of the molecule is Cc1cc(CC(=O)Cc2ccc(F)cc2)ccc1Cl. The highest BCUT2D eigenvalue weighted by Crippen LogP contribution is 2.17. The Bertz CT molecular complexity index is 590. The molecule has 0 aliphatic rings. The Hall–Kier alpha value is -1.67. The van der Waals surface area contributed by atoms with E-state index < -0.39 is 0 Å². The zero-order valence-electron chi connectivity index (χ0n) is 10.6. The number of Topliss-reactive ketones (excluding diaryl/α,β-unsaturated/α-hetero) is 1. The molecule has 0 N–H and O–H groups in total. The summed E-state index contributed by atoms with van der Waals surface area (Å²) >= 11 is 5.94. The van der Waals surface area contributed by atoms with Crippen molar-refractivity contribution in [3.63, 3.8) is 0 Å². The fraction of sp³-hybridized carbons (Fsp3) is 0.188. The molecular formula is C16H14ClFO. The van der Waals surface area contributed by atoms with Gasteiger partial charge in [-0.1, -0.05) is 35.9 Å². The highest BCUT2D eigenvalue weighted by molar-refractivity contribution is 6.31. The third-order valence-electron chi connectivity index (χ3n) is 2.94. The van der Waals surface area contributed by atoms with Gasteiger partial charge >= 0.3 is 0 Å². The highest BCUT2D eigenvalue weighted by Gasteiger charge is 2.06. The van der Waals surface area contributed by atoms with Crippen LogP contribution < -0.4 is 0 Å². The van der Waals surface area contributed by atoms with Gasteiger partial charge < -0.3 is 0 Å². The number of carbonyl (C=O) groups excluding carboxylic acids is 1. The summed E-state index contributed by atoms with van der Waals surface area (Å²) in [5.74, 6) is -0.183. The van der Waals surface area contributed by atoms with Crippen molar-refractivity contribution in [2.45, 2.75) is 19.8 Å². The molecular weight excluding hydrogens is 263 g/mol. The molecule has 2 aromatic rings. The molecule has 0 saturated carbocycles. The molecule has 0 bridgehead atoms. The third-order valence-corrected chi connectivity index (χ3v) is 3.36. The van der Waals surface area contributed by atoms with Crippen LogP contribution >= 0.6 is 11.6 Å². The zero-order valence-corrected chi connectivity index (χ0v) is 11.4. The van der Waals surface area contributed by atoms with Gasteiger partial charge in [-0.05, 0) is 41.8 Å². The molecule has 0 heterocycles.